The molecule has 0 spiro atoms. The van der Waals surface area contributed by atoms with Gasteiger partial charge in [0.15, 0.2) is 0 Å². The van der Waals surface area contributed by atoms with Crippen LogP contribution in [0.3, 0.4) is 0 Å². The van der Waals surface area contributed by atoms with Gasteiger partial charge in [0.25, 0.3) is 5.91 Å². The van der Waals surface area contributed by atoms with Crippen molar-refractivity contribution in [3.63, 3.8) is 0 Å². The summed E-state index contributed by atoms with van der Waals surface area (Å²) in [6.45, 7) is 7.22. The third-order valence-electron chi connectivity index (χ3n) is 3.73. The summed E-state index contributed by atoms with van der Waals surface area (Å²) in [5.74, 6) is 0.140. The fourth-order valence-corrected chi connectivity index (χ4v) is 3.13. The molecule has 1 aliphatic heterocycles. The third-order valence-corrected chi connectivity index (χ3v) is 4.50. The Bertz CT molecular complexity index is 507. The summed E-state index contributed by atoms with van der Waals surface area (Å²) < 4.78 is 3.84. The number of amides is 2. The molecule has 1 aromatic heterocycles. The van der Waals surface area contributed by atoms with E-state index in [2.05, 4.69) is 14.9 Å². The van der Waals surface area contributed by atoms with E-state index in [4.69, 9.17) is 0 Å². The van der Waals surface area contributed by atoms with Crippen LogP contribution < -0.4 is 5.32 Å². The van der Waals surface area contributed by atoms with E-state index in [9.17, 15) is 9.59 Å². The van der Waals surface area contributed by atoms with Crippen LogP contribution in [0, 0.1) is 5.92 Å². The topological polar surface area (TPSA) is 75.2 Å². The number of aromatic nitrogens is 2. The van der Waals surface area contributed by atoms with Gasteiger partial charge in [-0.2, -0.15) is 0 Å². The van der Waals surface area contributed by atoms with Crippen LogP contribution in [0.5, 0.6) is 0 Å². The molecule has 0 radical (unpaired) electrons. The van der Waals surface area contributed by atoms with E-state index in [0.29, 0.717) is 24.4 Å². The zero-order valence-electron chi connectivity index (χ0n) is 12.8. The minimum absolute atomic E-state index is 0.0338. The van der Waals surface area contributed by atoms with Gasteiger partial charge in [-0.25, -0.2) is 0 Å². The zero-order valence-corrected chi connectivity index (χ0v) is 13.6. The molecule has 0 aliphatic carbocycles. The van der Waals surface area contributed by atoms with Crippen molar-refractivity contribution in [2.75, 3.05) is 13.1 Å². The number of likely N-dealkylation sites (tertiary alicyclic amines) is 1. The van der Waals surface area contributed by atoms with E-state index >= 15 is 0 Å². The molecule has 21 heavy (non-hydrogen) atoms. The molecule has 2 heterocycles. The maximum atomic E-state index is 12.2. The second-order valence-electron chi connectivity index (χ2n) is 5.63. The van der Waals surface area contributed by atoms with E-state index < -0.39 is 0 Å². The molecule has 2 rings (SSSR count). The highest BCUT2D eigenvalue weighted by molar-refractivity contribution is 7.08. The van der Waals surface area contributed by atoms with Crippen molar-refractivity contribution in [3.8, 4) is 0 Å². The normalized spacial score (nSPS) is 16.3. The van der Waals surface area contributed by atoms with Gasteiger partial charge >= 0.3 is 0 Å². The largest absolute Gasteiger partial charge is 0.348 e. The summed E-state index contributed by atoms with van der Waals surface area (Å²) in [6.07, 6.45) is 2.32. The number of hydrogen-bond acceptors (Lipinski definition) is 5. The van der Waals surface area contributed by atoms with E-state index in [-0.39, 0.29) is 23.8 Å². The van der Waals surface area contributed by atoms with Crippen LogP contribution >= 0.6 is 11.5 Å². The summed E-state index contributed by atoms with van der Waals surface area (Å²) in [4.78, 5) is 26.6. The van der Waals surface area contributed by atoms with Crippen LogP contribution in [0.1, 0.15) is 49.0 Å². The molecule has 7 heteroatoms. The quantitative estimate of drug-likeness (QED) is 0.914. The van der Waals surface area contributed by atoms with E-state index in [0.717, 1.165) is 30.1 Å². The Labute approximate surface area is 129 Å². The van der Waals surface area contributed by atoms with Gasteiger partial charge < -0.3 is 10.2 Å². The Balaban J connectivity index is 1.86. The SMILES string of the molecule is CCc1nnsc1C(=O)NC1CCN(C(=O)C(C)C)CC1. The first-order chi connectivity index (χ1) is 10.0. The molecular formula is C14H22N4O2S. The van der Waals surface area contributed by atoms with Crippen molar-refractivity contribution in [3.05, 3.63) is 10.6 Å². The summed E-state index contributed by atoms with van der Waals surface area (Å²) in [6, 6.07) is 0.125. The van der Waals surface area contributed by atoms with E-state index in [1.165, 1.54) is 0 Å². The van der Waals surface area contributed by atoms with Gasteiger partial charge in [-0.05, 0) is 30.8 Å². The number of carbonyl (C=O) groups is 2. The monoisotopic (exact) mass is 310 g/mol. The summed E-state index contributed by atoms with van der Waals surface area (Å²) >= 11 is 1.14. The molecular weight excluding hydrogens is 288 g/mol. The average Bonchev–Trinajstić information content (AvgIpc) is 2.95. The molecule has 0 atom stereocenters. The van der Waals surface area contributed by atoms with Crippen LogP contribution in [0.15, 0.2) is 0 Å². The van der Waals surface area contributed by atoms with Gasteiger partial charge in [0, 0.05) is 25.0 Å². The fourth-order valence-electron chi connectivity index (χ4n) is 2.47. The number of nitrogens with one attached hydrogen (secondary N) is 1. The van der Waals surface area contributed by atoms with Crippen LogP contribution in [-0.2, 0) is 11.2 Å². The van der Waals surface area contributed by atoms with Gasteiger partial charge in [-0.15, -0.1) is 5.10 Å². The predicted octanol–water partition coefficient (Wildman–Crippen LogP) is 1.48. The molecule has 2 amide bonds. The van der Waals surface area contributed by atoms with Crippen molar-refractivity contribution in [1.29, 1.82) is 0 Å². The number of aryl methyl sites for hydroxylation is 1. The van der Waals surface area contributed by atoms with E-state index in [1.54, 1.807) is 0 Å². The van der Waals surface area contributed by atoms with Gasteiger partial charge in [0.05, 0.1) is 5.69 Å². The molecule has 1 saturated heterocycles. The Morgan fingerprint density at radius 3 is 2.62 bits per heavy atom. The number of rotatable bonds is 4. The number of carbonyl (C=O) groups excluding carboxylic acids is 2. The van der Waals surface area contributed by atoms with Gasteiger partial charge in [-0.1, -0.05) is 25.3 Å². The standard InChI is InChI=1S/C14H22N4O2S/c1-4-11-12(21-17-16-11)13(19)15-10-5-7-18(8-6-10)14(20)9(2)3/h9-10H,4-8H2,1-3H3,(H,15,19). The lowest BCUT2D eigenvalue weighted by Crippen LogP contribution is -2.47. The number of nitrogens with zero attached hydrogens (tertiary/aromatic N) is 3. The van der Waals surface area contributed by atoms with Crippen molar-refractivity contribution in [1.82, 2.24) is 19.8 Å². The third kappa shape index (κ3) is 3.78. The maximum absolute atomic E-state index is 12.2. The predicted molar refractivity (Wildman–Crippen MR) is 81.2 cm³/mol. The first-order valence-electron chi connectivity index (χ1n) is 7.43. The van der Waals surface area contributed by atoms with Crippen LogP contribution in [0.2, 0.25) is 0 Å². The summed E-state index contributed by atoms with van der Waals surface area (Å²) in [5, 5.41) is 7.00. The molecule has 6 nitrogen and oxygen atoms in total. The zero-order chi connectivity index (χ0) is 15.4. The van der Waals surface area contributed by atoms with Crippen LogP contribution in [0.4, 0.5) is 0 Å². The molecule has 0 bridgehead atoms. The first kappa shape index (κ1) is 15.9. The van der Waals surface area contributed by atoms with Crippen LogP contribution in [0.25, 0.3) is 0 Å². The van der Waals surface area contributed by atoms with Crippen LogP contribution in [-0.4, -0.2) is 45.4 Å². The second kappa shape index (κ2) is 6.98. The number of hydrogen-bond donors (Lipinski definition) is 1. The molecule has 1 fully saturated rings. The van der Waals surface area contributed by atoms with Crippen molar-refractivity contribution < 1.29 is 9.59 Å². The molecule has 0 saturated carbocycles. The molecule has 0 unspecified atom stereocenters. The Morgan fingerprint density at radius 1 is 1.38 bits per heavy atom. The average molecular weight is 310 g/mol. The highest BCUT2D eigenvalue weighted by atomic mass is 32.1. The van der Waals surface area contributed by atoms with Gasteiger partial charge in [0.1, 0.15) is 4.88 Å². The smallest absolute Gasteiger partial charge is 0.265 e. The molecule has 1 aliphatic rings. The van der Waals surface area contributed by atoms with E-state index in [1.807, 2.05) is 25.7 Å². The fraction of sp³-hybridized carbons (Fsp3) is 0.714. The maximum Gasteiger partial charge on any atom is 0.265 e. The highest BCUT2D eigenvalue weighted by Crippen LogP contribution is 2.16. The second-order valence-corrected chi connectivity index (χ2v) is 6.38. The highest BCUT2D eigenvalue weighted by Gasteiger charge is 2.26. The number of piperidine rings is 1. The molecule has 1 aromatic rings. The summed E-state index contributed by atoms with van der Waals surface area (Å²) in [5.41, 5.74) is 0.755. The lowest BCUT2D eigenvalue weighted by molar-refractivity contribution is -0.135. The molecule has 116 valence electrons. The Hall–Kier alpha value is -1.50. The lowest BCUT2D eigenvalue weighted by atomic mass is 10.0. The van der Waals surface area contributed by atoms with Crippen molar-refractivity contribution >= 4 is 23.3 Å². The lowest BCUT2D eigenvalue weighted by Gasteiger charge is -2.33. The Morgan fingerprint density at radius 2 is 2.05 bits per heavy atom. The van der Waals surface area contributed by atoms with Gasteiger partial charge in [-0.3, -0.25) is 9.59 Å². The summed E-state index contributed by atoms with van der Waals surface area (Å²) in [7, 11) is 0. The molecule has 0 aromatic carbocycles. The van der Waals surface area contributed by atoms with Gasteiger partial charge in [0.2, 0.25) is 5.91 Å². The minimum Gasteiger partial charge on any atom is -0.348 e. The Kier molecular flexibility index (Phi) is 5.27. The molecule has 1 N–H and O–H groups in total. The first-order valence-corrected chi connectivity index (χ1v) is 8.21. The van der Waals surface area contributed by atoms with Crippen molar-refractivity contribution in [2.24, 2.45) is 5.92 Å². The minimum atomic E-state index is -0.0875. The van der Waals surface area contributed by atoms with Crippen molar-refractivity contribution in [2.45, 2.75) is 46.1 Å².